The molecule has 4 atom stereocenters. The molecule has 38 heavy (non-hydrogen) atoms. The number of carbonyl (C=O) groups is 2. The van der Waals surface area contributed by atoms with Crippen molar-refractivity contribution >= 4 is 54.0 Å². The highest BCUT2D eigenvalue weighted by Crippen LogP contribution is 2.43. The summed E-state index contributed by atoms with van der Waals surface area (Å²) in [6.45, 7) is 7.34. The van der Waals surface area contributed by atoms with Gasteiger partial charge in [-0.1, -0.05) is 17.7 Å². The first-order chi connectivity index (χ1) is 17.5. The summed E-state index contributed by atoms with van der Waals surface area (Å²) in [5.41, 5.74) is 1.15. The van der Waals surface area contributed by atoms with Gasteiger partial charge in [0.05, 0.1) is 13.7 Å². The van der Waals surface area contributed by atoms with E-state index in [2.05, 4.69) is 25.7 Å². The molecule has 1 aromatic carbocycles. The van der Waals surface area contributed by atoms with E-state index >= 15 is 0 Å². The van der Waals surface area contributed by atoms with Crippen LogP contribution in [0.15, 0.2) is 24.3 Å². The van der Waals surface area contributed by atoms with Gasteiger partial charge in [0.1, 0.15) is 0 Å². The van der Waals surface area contributed by atoms with Crippen LogP contribution in [-0.2, 0) is 14.3 Å². The average molecular weight is 590 g/mol. The maximum Gasteiger partial charge on any atom is 0.305 e. The largest absolute Gasteiger partial charge is 0.469 e. The number of halogens is 3. The molecule has 0 aromatic heterocycles. The lowest BCUT2D eigenvalue weighted by Gasteiger charge is -2.57. The molecule has 214 valence electrons. The molecule has 0 radical (unpaired) electrons. The van der Waals surface area contributed by atoms with E-state index in [1.54, 1.807) is 0 Å². The molecule has 4 heterocycles. The van der Waals surface area contributed by atoms with Gasteiger partial charge in [-0.2, -0.15) is 0 Å². The average Bonchev–Trinajstić information content (AvgIpc) is 2.90. The number of rotatable bonds is 7. The summed E-state index contributed by atoms with van der Waals surface area (Å²) < 4.78 is 4.88. The second-order valence-electron chi connectivity index (χ2n) is 11.1. The third kappa shape index (κ3) is 7.08. The minimum absolute atomic E-state index is 0. The third-order valence-electron chi connectivity index (χ3n) is 9.01. The zero-order valence-electron chi connectivity index (χ0n) is 22.4. The van der Waals surface area contributed by atoms with E-state index in [1.807, 2.05) is 18.2 Å². The van der Waals surface area contributed by atoms with Gasteiger partial charge >= 0.3 is 5.97 Å². The molecule has 0 saturated carbocycles. The minimum Gasteiger partial charge on any atom is -0.469 e. The smallest absolute Gasteiger partial charge is 0.305 e. The summed E-state index contributed by atoms with van der Waals surface area (Å²) in [6, 6.07) is 8.87. The van der Waals surface area contributed by atoms with Crippen molar-refractivity contribution < 1.29 is 14.3 Å². The lowest BCUT2D eigenvalue weighted by atomic mass is 9.69. The van der Waals surface area contributed by atoms with E-state index in [9.17, 15) is 9.59 Å². The molecule has 0 spiro atoms. The molecule has 4 unspecified atom stereocenters. The van der Waals surface area contributed by atoms with E-state index in [0.29, 0.717) is 30.8 Å². The summed E-state index contributed by atoms with van der Waals surface area (Å²) in [7, 11) is 1.45. The maximum atomic E-state index is 13.8. The molecule has 4 aliphatic rings. The van der Waals surface area contributed by atoms with Crippen LogP contribution in [0.25, 0.3) is 0 Å². The number of esters is 1. The van der Waals surface area contributed by atoms with Crippen molar-refractivity contribution in [2.24, 2.45) is 11.8 Å². The fourth-order valence-corrected chi connectivity index (χ4v) is 7.51. The van der Waals surface area contributed by atoms with Crippen molar-refractivity contribution in [1.82, 2.24) is 14.7 Å². The first-order valence-corrected chi connectivity index (χ1v) is 14.2. The maximum absolute atomic E-state index is 13.8. The second kappa shape index (κ2) is 14.4. The number of amides is 1. The van der Waals surface area contributed by atoms with E-state index < -0.39 is 0 Å². The van der Waals surface area contributed by atoms with Crippen molar-refractivity contribution in [2.45, 2.75) is 57.0 Å². The van der Waals surface area contributed by atoms with E-state index in [4.69, 9.17) is 16.3 Å². The fourth-order valence-electron chi connectivity index (χ4n) is 7.33. The van der Waals surface area contributed by atoms with Crippen molar-refractivity contribution in [1.29, 1.82) is 0 Å². The Bertz CT molecular complexity index is 928. The van der Waals surface area contributed by atoms with Crippen molar-refractivity contribution in [3.63, 3.8) is 0 Å². The summed E-state index contributed by atoms with van der Waals surface area (Å²) in [6.07, 6.45) is 7.00. The van der Waals surface area contributed by atoms with Gasteiger partial charge < -0.3 is 14.5 Å². The molecule has 1 aromatic rings. The second-order valence-corrected chi connectivity index (χ2v) is 11.5. The molecule has 5 rings (SSSR count). The Morgan fingerprint density at radius 3 is 2.47 bits per heavy atom. The van der Waals surface area contributed by atoms with Gasteiger partial charge in [-0.3, -0.25) is 19.4 Å². The summed E-state index contributed by atoms with van der Waals surface area (Å²) >= 11 is 6.19. The first kappa shape index (κ1) is 31.3. The van der Waals surface area contributed by atoms with Gasteiger partial charge in [0.15, 0.2) is 0 Å². The summed E-state index contributed by atoms with van der Waals surface area (Å²) in [4.78, 5) is 35.2. The van der Waals surface area contributed by atoms with Crippen LogP contribution in [0, 0.1) is 11.8 Å². The van der Waals surface area contributed by atoms with Crippen LogP contribution < -0.4 is 4.90 Å². The van der Waals surface area contributed by atoms with Crippen molar-refractivity contribution in [2.75, 3.05) is 64.4 Å². The lowest BCUT2D eigenvalue weighted by molar-refractivity contribution is -0.147. The van der Waals surface area contributed by atoms with Gasteiger partial charge in [-0.15, -0.1) is 24.8 Å². The number of anilines is 1. The lowest BCUT2D eigenvalue weighted by Crippen LogP contribution is -2.66. The minimum atomic E-state index is -0.151. The third-order valence-corrected chi connectivity index (χ3v) is 9.24. The zero-order chi connectivity index (χ0) is 25.1. The van der Waals surface area contributed by atoms with Crippen molar-refractivity contribution in [3.8, 4) is 0 Å². The van der Waals surface area contributed by atoms with Gasteiger partial charge in [0.25, 0.3) is 0 Å². The Hall–Kier alpha value is -1.25. The summed E-state index contributed by atoms with van der Waals surface area (Å²) in [5, 5.41) is 0.760. The van der Waals surface area contributed by atoms with E-state index in [-0.39, 0.29) is 42.7 Å². The molecular weight excluding hydrogens is 547 g/mol. The highest BCUT2D eigenvalue weighted by atomic mass is 35.5. The topological polar surface area (TPSA) is 56.3 Å². The van der Waals surface area contributed by atoms with Crippen LogP contribution in [0.4, 0.5) is 5.69 Å². The fraction of sp³-hybridized carbons (Fsp3) is 0.714. The van der Waals surface area contributed by atoms with Gasteiger partial charge in [-0.25, -0.2) is 0 Å². The Morgan fingerprint density at radius 2 is 1.76 bits per heavy atom. The number of hydrogen-bond acceptors (Lipinski definition) is 6. The Morgan fingerprint density at radius 1 is 1.03 bits per heavy atom. The molecule has 0 bridgehead atoms. The number of piperidine rings is 3. The molecule has 7 nitrogen and oxygen atoms in total. The molecule has 10 heteroatoms. The number of nitrogens with zero attached hydrogens (tertiary/aromatic N) is 4. The molecule has 0 N–H and O–H groups in total. The summed E-state index contributed by atoms with van der Waals surface area (Å²) in [5.74, 6) is 1.24. The highest BCUT2D eigenvalue weighted by molar-refractivity contribution is 6.30. The van der Waals surface area contributed by atoms with Crippen LogP contribution in [0.1, 0.15) is 44.9 Å². The number of carbonyl (C=O) groups excluding carboxylic acids is 2. The van der Waals surface area contributed by atoms with Crippen LogP contribution >= 0.6 is 36.4 Å². The Kier molecular flexibility index (Phi) is 11.9. The molecule has 4 aliphatic heterocycles. The molecular formula is C28H43Cl3N4O3. The number of methoxy groups -OCH3 is 1. The number of likely N-dealkylation sites (tertiary alicyclic amines) is 1. The van der Waals surface area contributed by atoms with E-state index in [0.717, 1.165) is 56.3 Å². The highest BCUT2D eigenvalue weighted by Gasteiger charge is 2.49. The number of piperazine rings is 1. The molecule has 1 amide bonds. The van der Waals surface area contributed by atoms with Gasteiger partial charge in [-0.05, 0) is 81.6 Å². The molecule has 4 saturated heterocycles. The monoisotopic (exact) mass is 588 g/mol. The van der Waals surface area contributed by atoms with Gasteiger partial charge in [0, 0.05) is 61.9 Å². The number of ether oxygens (including phenoxy) is 1. The van der Waals surface area contributed by atoms with Gasteiger partial charge in [0.2, 0.25) is 5.91 Å². The zero-order valence-corrected chi connectivity index (χ0v) is 24.8. The normalized spacial score (nSPS) is 27.5. The Balaban J connectivity index is 0.00000200. The predicted octanol–water partition coefficient (Wildman–Crippen LogP) is 4.35. The Labute approximate surface area is 245 Å². The van der Waals surface area contributed by atoms with Crippen LogP contribution in [-0.4, -0.2) is 98.1 Å². The standard InChI is InChI=1S/C28H41ClN4O3.2ClH/c1-36-27(35)11-3-10-25-24-9-5-13-32-12-4-6-21(28(24)32)19-33(25)26(34)20-30-14-16-31(17-15-30)23-8-2-7-22(29)18-23;;/h2,7-8,18,21,24-25,28H,3-6,9-17,19-20H2,1H3;2*1H. The SMILES string of the molecule is COC(=O)CCCC1C2CCCN3CCCC(CN1C(=O)CN1CCN(c4cccc(Cl)c4)CC1)C23.Cl.Cl. The predicted molar refractivity (Wildman–Crippen MR) is 157 cm³/mol. The first-order valence-electron chi connectivity index (χ1n) is 13.9. The molecule has 4 fully saturated rings. The number of hydrogen-bond donors (Lipinski definition) is 0. The van der Waals surface area contributed by atoms with E-state index in [1.165, 1.54) is 45.9 Å². The quantitative estimate of drug-likeness (QED) is 0.441. The van der Waals surface area contributed by atoms with Crippen LogP contribution in [0.2, 0.25) is 5.02 Å². The molecule has 0 aliphatic carbocycles. The van der Waals surface area contributed by atoms with Crippen LogP contribution in [0.3, 0.4) is 0 Å². The number of benzene rings is 1. The van der Waals surface area contributed by atoms with Crippen LogP contribution in [0.5, 0.6) is 0 Å². The van der Waals surface area contributed by atoms with Crippen molar-refractivity contribution in [3.05, 3.63) is 29.3 Å².